The van der Waals surface area contributed by atoms with Crippen molar-refractivity contribution in [1.82, 2.24) is 10.2 Å². The van der Waals surface area contributed by atoms with E-state index in [2.05, 4.69) is 5.32 Å². The average molecular weight is 582 g/mol. The molecule has 5 rings (SSSR count). The van der Waals surface area contributed by atoms with E-state index >= 15 is 0 Å². The fraction of sp³-hybridized carbons (Fsp3) is 0.333. The Kier molecular flexibility index (Phi) is 7.54. The van der Waals surface area contributed by atoms with E-state index < -0.39 is 21.5 Å². The number of nitrogens with zero attached hydrogens (tertiary/aromatic N) is 2. The number of hydrogen-bond acceptors (Lipinski definition) is 5. The molecule has 210 valence electrons. The lowest BCUT2D eigenvalue weighted by Crippen LogP contribution is -2.52. The number of fused-ring (bicyclic) bond motifs is 2. The van der Waals surface area contributed by atoms with Crippen LogP contribution in [0.4, 0.5) is 5.69 Å². The first-order valence-electron chi connectivity index (χ1n) is 13.2. The molecule has 2 amide bonds. The van der Waals surface area contributed by atoms with Gasteiger partial charge >= 0.3 is 0 Å². The Morgan fingerprint density at radius 1 is 1.05 bits per heavy atom. The molecule has 1 N–H and O–H groups in total. The Labute approximate surface area is 239 Å². The van der Waals surface area contributed by atoms with Crippen LogP contribution >= 0.6 is 11.6 Å². The van der Waals surface area contributed by atoms with Crippen molar-refractivity contribution in [3.8, 4) is 5.75 Å². The summed E-state index contributed by atoms with van der Waals surface area (Å²) in [6.07, 6.45) is 1.17. The Hall–Kier alpha value is -3.56. The molecule has 0 saturated carbocycles. The number of benzene rings is 3. The number of piperidine rings is 1. The van der Waals surface area contributed by atoms with Crippen LogP contribution < -0.4 is 14.4 Å². The standard InChI is InChI=1S/C30H32ClN3O5S/c1-20-30(14-16-33(17-15-30)21(2)35)26-18-22(29(36)32-19-23-6-4-5-7-27(23)31)8-13-28(26)34(20)40(37,38)25-11-9-24(39-3)10-12-25/h4-13,18,20H,14-17,19H2,1-3H3,(H,32,36). The highest BCUT2D eigenvalue weighted by atomic mass is 35.5. The van der Waals surface area contributed by atoms with Gasteiger partial charge in [-0.15, -0.1) is 0 Å². The van der Waals surface area contributed by atoms with Crippen molar-refractivity contribution >= 4 is 39.1 Å². The Morgan fingerprint density at radius 3 is 2.35 bits per heavy atom. The zero-order chi connectivity index (χ0) is 28.7. The molecule has 1 spiro atoms. The van der Waals surface area contributed by atoms with E-state index in [4.69, 9.17) is 16.3 Å². The van der Waals surface area contributed by atoms with Gasteiger partial charge in [-0.25, -0.2) is 8.42 Å². The maximum Gasteiger partial charge on any atom is 0.264 e. The highest BCUT2D eigenvalue weighted by Gasteiger charge is 2.54. The second-order valence-corrected chi connectivity index (χ2v) is 12.5. The van der Waals surface area contributed by atoms with Gasteiger partial charge in [0.25, 0.3) is 15.9 Å². The minimum absolute atomic E-state index is 0.00358. The molecule has 0 bridgehead atoms. The van der Waals surface area contributed by atoms with Crippen LogP contribution in [0.1, 0.15) is 48.2 Å². The molecule has 0 aliphatic carbocycles. The van der Waals surface area contributed by atoms with Crippen molar-refractivity contribution in [3.05, 3.63) is 88.4 Å². The fourth-order valence-corrected chi connectivity index (χ4v) is 7.90. The molecule has 3 aromatic rings. The summed E-state index contributed by atoms with van der Waals surface area (Å²) >= 11 is 6.26. The molecule has 3 aromatic carbocycles. The average Bonchev–Trinajstić information content (AvgIpc) is 3.19. The van der Waals surface area contributed by atoms with Crippen molar-refractivity contribution < 1.29 is 22.7 Å². The van der Waals surface area contributed by atoms with Crippen molar-refractivity contribution in [2.75, 3.05) is 24.5 Å². The van der Waals surface area contributed by atoms with Crippen molar-refractivity contribution in [2.24, 2.45) is 0 Å². The van der Waals surface area contributed by atoms with Gasteiger partial charge in [0.1, 0.15) is 5.75 Å². The number of halogens is 1. The first-order chi connectivity index (χ1) is 19.1. The highest BCUT2D eigenvalue weighted by molar-refractivity contribution is 7.92. The third-order valence-electron chi connectivity index (χ3n) is 8.30. The smallest absolute Gasteiger partial charge is 0.264 e. The SMILES string of the molecule is COc1ccc(S(=O)(=O)N2c3ccc(C(=O)NCc4ccccc4Cl)cc3C3(CCN(C(C)=O)CC3)C2C)cc1. The third kappa shape index (κ3) is 4.81. The quantitative estimate of drug-likeness (QED) is 0.453. The molecular weight excluding hydrogens is 550 g/mol. The molecule has 0 aromatic heterocycles. The Bertz CT molecular complexity index is 1550. The summed E-state index contributed by atoms with van der Waals surface area (Å²) in [6, 6.07) is 18.4. The number of hydrogen-bond donors (Lipinski definition) is 1. The summed E-state index contributed by atoms with van der Waals surface area (Å²) in [5.74, 6) is 0.286. The molecular formula is C30H32ClN3O5S. The van der Waals surface area contributed by atoms with Crippen molar-refractivity contribution in [3.63, 3.8) is 0 Å². The number of ether oxygens (including phenoxy) is 1. The Morgan fingerprint density at radius 2 is 1.73 bits per heavy atom. The second-order valence-electron chi connectivity index (χ2n) is 10.3. The van der Waals surface area contributed by atoms with E-state index in [-0.39, 0.29) is 23.3 Å². The number of methoxy groups -OCH3 is 1. The number of carbonyl (C=O) groups excluding carboxylic acids is 2. The first-order valence-corrected chi connectivity index (χ1v) is 15.0. The molecule has 1 atom stereocenters. The van der Waals surface area contributed by atoms with Gasteiger partial charge in [0, 0.05) is 42.6 Å². The molecule has 2 heterocycles. The van der Waals surface area contributed by atoms with Gasteiger partial charge < -0.3 is 15.0 Å². The molecule has 2 aliphatic heterocycles. The van der Waals surface area contributed by atoms with Gasteiger partial charge in [-0.3, -0.25) is 13.9 Å². The van der Waals surface area contributed by atoms with Gasteiger partial charge in [-0.2, -0.15) is 0 Å². The van der Waals surface area contributed by atoms with E-state index in [1.807, 2.05) is 31.2 Å². The maximum absolute atomic E-state index is 14.0. The molecule has 1 saturated heterocycles. The number of rotatable bonds is 6. The molecule has 1 unspecified atom stereocenters. The minimum atomic E-state index is -3.93. The monoisotopic (exact) mass is 581 g/mol. The first kappa shape index (κ1) is 28.0. The van der Waals surface area contributed by atoms with Crippen LogP contribution in [0.3, 0.4) is 0 Å². The van der Waals surface area contributed by atoms with E-state index in [0.717, 1.165) is 11.1 Å². The van der Waals surface area contributed by atoms with Crippen LogP contribution in [0.25, 0.3) is 0 Å². The largest absolute Gasteiger partial charge is 0.497 e. The number of sulfonamides is 1. The van der Waals surface area contributed by atoms with Crippen LogP contribution in [-0.2, 0) is 26.8 Å². The zero-order valence-electron chi connectivity index (χ0n) is 22.7. The van der Waals surface area contributed by atoms with Crippen LogP contribution in [0.15, 0.2) is 71.6 Å². The predicted molar refractivity (Wildman–Crippen MR) is 154 cm³/mol. The molecule has 2 aliphatic rings. The number of carbonyl (C=O) groups is 2. The van der Waals surface area contributed by atoms with Crippen LogP contribution in [0.5, 0.6) is 5.75 Å². The summed E-state index contributed by atoms with van der Waals surface area (Å²) in [4.78, 5) is 27.3. The molecule has 8 nitrogen and oxygen atoms in total. The lowest BCUT2D eigenvalue weighted by atomic mass is 9.70. The van der Waals surface area contributed by atoms with Gasteiger partial charge in [0.15, 0.2) is 0 Å². The maximum atomic E-state index is 14.0. The molecule has 40 heavy (non-hydrogen) atoms. The van der Waals surface area contributed by atoms with Gasteiger partial charge in [-0.1, -0.05) is 29.8 Å². The zero-order valence-corrected chi connectivity index (χ0v) is 24.3. The summed E-state index contributed by atoms with van der Waals surface area (Å²) in [6.45, 7) is 4.76. The normalized spacial score (nSPS) is 17.9. The summed E-state index contributed by atoms with van der Waals surface area (Å²) in [7, 11) is -2.40. The molecule has 10 heteroatoms. The number of amides is 2. The molecule has 1 fully saturated rings. The minimum Gasteiger partial charge on any atom is -0.497 e. The van der Waals surface area contributed by atoms with Crippen LogP contribution in [-0.4, -0.2) is 51.4 Å². The summed E-state index contributed by atoms with van der Waals surface area (Å²) in [5.41, 5.74) is 2.06. The van der Waals surface area contributed by atoms with Gasteiger partial charge in [0.05, 0.1) is 23.7 Å². The lowest BCUT2D eigenvalue weighted by Gasteiger charge is -2.43. The van der Waals surface area contributed by atoms with Gasteiger partial charge in [0.2, 0.25) is 5.91 Å². The Balaban J connectivity index is 1.53. The van der Waals surface area contributed by atoms with Crippen LogP contribution in [0, 0.1) is 0 Å². The van der Waals surface area contributed by atoms with E-state index in [0.29, 0.717) is 48.0 Å². The lowest BCUT2D eigenvalue weighted by molar-refractivity contribution is -0.130. The number of anilines is 1. The molecule has 0 radical (unpaired) electrons. The van der Waals surface area contributed by atoms with Gasteiger partial charge in [-0.05, 0) is 79.4 Å². The van der Waals surface area contributed by atoms with Crippen molar-refractivity contribution in [1.29, 1.82) is 0 Å². The fourth-order valence-electron chi connectivity index (χ4n) is 5.95. The summed E-state index contributed by atoms with van der Waals surface area (Å²) in [5, 5.41) is 3.50. The van der Waals surface area contributed by atoms with E-state index in [9.17, 15) is 18.0 Å². The second kappa shape index (κ2) is 10.8. The summed E-state index contributed by atoms with van der Waals surface area (Å²) < 4.78 is 34.8. The number of nitrogens with one attached hydrogen (secondary N) is 1. The van der Waals surface area contributed by atoms with Crippen molar-refractivity contribution in [2.45, 2.75) is 49.6 Å². The number of likely N-dealkylation sites (tertiary alicyclic amines) is 1. The highest BCUT2D eigenvalue weighted by Crippen LogP contribution is 2.53. The van der Waals surface area contributed by atoms with E-state index in [1.165, 1.54) is 11.4 Å². The van der Waals surface area contributed by atoms with E-state index in [1.54, 1.807) is 54.3 Å². The topological polar surface area (TPSA) is 96.0 Å². The predicted octanol–water partition coefficient (Wildman–Crippen LogP) is 4.76. The van der Waals surface area contributed by atoms with Crippen LogP contribution in [0.2, 0.25) is 5.02 Å². The third-order valence-corrected chi connectivity index (χ3v) is 10.6.